The highest BCUT2D eigenvalue weighted by Crippen LogP contribution is 2.27. The van der Waals surface area contributed by atoms with E-state index in [9.17, 15) is 9.18 Å². The van der Waals surface area contributed by atoms with Crippen molar-refractivity contribution in [3.63, 3.8) is 0 Å². The Morgan fingerprint density at radius 1 is 1.00 bits per heavy atom. The lowest BCUT2D eigenvalue weighted by molar-refractivity contribution is -0.111. The van der Waals surface area contributed by atoms with Crippen LogP contribution in [0.5, 0.6) is 0 Å². The summed E-state index contributed by atoms with van der Waals surface area (Å²) in [6.07, 6.45) is 1.75. The molecule has 2 aromatic heterocycles. The van der Waals surface area contributed by atoms with Crippen LogP contribution in [0.4, 0.5) is 9.52 Å². The number of nitrogens with zero attached hydrogens (tertiary/aromatic N) is 1. The monoisotopic (exact) mass is 406 g/mol. The molecule has 138 valence electrons. The van der Waals surface area contributed by atoms with E-state index >= 15 is 0 Å². The minimum Gasteiger partial charge on any atom is -0.298 e. The van der Waals surface area contributed by atoms with E-state index < -0.39 is 0 Å². The van der Waals surface area contributed by atoms with Crippen molar-refractivity contribution in [2.45, 2.75) is 0 Å². The van der Waals surface area contributed by atoms with Gasteiger partial charge in [-0.05, 0) is 46.2 Å². The largest absolute Gasteiger partial charge is 0.298 e. The fourth-order valence-corrected chi connectivity index (χ4v) is 4.03. The molecule has 3 nitrogen and oxygen atoms in total. The number of thiophene rings is 1. The number of benzene rings is 2. The maximum atomic E-state index is 13.2. The van der Waals surface area contributed by atoms with Gasteiger partial charge in [-0.25, -0.2) is 9.37 Å². The molecule has 0 unspecified atom stereocenters. The molecule has 1 amide bonds. The van der Waals surface area contributed by atoms with Gasteiger partial charge >= 0.3 is 0 Å². The minimum absolute atomic E-state index is 0.253. The lowest BCUT2D eigenvalue weighted by Gasteiger charge is -2.06. The van der Waals surface area contributed by atoms with Crippen LogP contribution in [-0.2, 0) is 4.79 Å². The van der Waals surface area contributed by atoms with E-state index in [2.05, 4.69) is 10.3 Å². The molecule has 0 aliphatic heterocycles. The molecule has 28 heavy (non-hydrogen) atoms. The Labute approximate surface area is 169 Å². The molecule has 4 rings (SSSR count). The number of anilines is 1. The number of aromatic nitrogens is 1. The Morgan fingerprint density at radius 3 is 2.50 bits per heavy atom. The van der Waals surface area contributed by atoms with Crippen LogP contribution in [-0.4, -0.2) is 10.9 Å². The normalized spacial score (nSPS) is 11.4. The molecule has 4 aromatic rings. The molecule has 2 heterocycles. The second-order valence-corrected chi connectivity index (χ2v) is 7.62. The molecule has 0 saturated heterocycles. The van der Waals surface area contributed by atoms with Gasteiger partial charge in [0.05, 0.1) is 5.69 Å². The second kappa shape index (κ2) is 8.29. The lowest BCUT2D eigenvalue weighted by atomic mass is 10.0. The highest BCUT2D eigenvalue weighted by Gasteiger charge is 2.15. The summed E-state index contributed by atoms with van der Waals surface area (Å²) in [5, 5.41) is 9.15. The van der Waals surface area contributed by atoms with Gasteiger partial charge in [-0.2, -0.15) is 11.3 Å². The summed E-state index contributed by atoms with van der Waals surface area (Å²) in [5.74, 6) is -0.563. The lowest BCUT2D eigenvalue weighted by Crippen LogP contribution is -2.13. The molecule has 0 aliphatic rings. The van der Waals surface area contributed by atoms with Crippen LogP contribution >= 0.6 is 22.7 Å². The van der Waals surface area contributed by atoms with Crippen molar-refractivity contribution in [2.75, 3.05) is 5.32 Å². The summed E-state index contributed by atoms with van der Waals surface area (Å²) < 4.78 is 13.2. The smallest absolute Gasteiger partial charge is 0.258 e. The molecular formula is C22H15FN2OS2. The third kappa shape index (κ3) is 4.24. The van der Waals surface area contributed by atoms with E-state index in [-0.39, 0.29) is 11.7 Å². The van der Waals surface area contributed by atoms with Crippen molar-refractivity contribution >= 4 is 45.4 Å². The molecular weight excluding hydrogens is 391 g/mol. The van der Waals surface area contributed by atoms with Gasteiger partial charge in [-0.3, -0.25) is 10.1 Å². The molecule has 1 N–H and O–H groups in total. The van der Waals surface area contributed by atoms with E-state index in [0.29, 0.717) is 10.7 Å². The topological polar surface area (TPSA) is 42.0 Å². The molecule has 6 heteroatoms. The van der Waals surface area contributed by atoms with Crippen LogP contribution in [0.3, 0.4) is 0 Å². The number of hydrogen-bond donors (Lipinski definition) is 1. The zero-order valence-electron chi connectivity index (χ0n) is 14.6. The highest BCUT2D eigenvalue weighted by molar-refractivity contribution is 7.14. The van der Waals surface area contributed by atoms with Crippen LogP contribution in [0.2, 0.25) is 0 Å². The molecule has 0 bridgehead atoms. The van der Waals surface area contributed by atoms with Gasteiger partial charge in [-0.1, -0.05) is 42.5 Å². The second-order valence-electron chi connectivity index (χ2n) is 5.98. The molecule has 0 saturated carbocycles. The van der Waals surface area contributed by atoms with Crippen LogP contribution in [0.25, 0.3) is 22.9 Å². The number of rotatable bonds is 5. The van der Waals surface area contributed by atoms with Crippen molar-refractivity contribution in [3.8, 4) is 11.3 Å². The highest BCUT2D eigenvalue weighted by atomic mass is 32.1. The Balaban J connectivity index is 1.60. The van der Waals surface area contributed by atoms with Crippen molar-refractivity contribution in [3.05, 3.63) is 93.7 Å². The van der Waals surface area contributed by atoms with Gasteiger partial charge in [0.1, 0.15) is 5.82 Å². The summed E-state index contributed by atoms with van der Waals surface area (Å²) in [5.41, 5.74) is 3.89. The number of carbonyl (C=O) groups excluding carboxylic acids is 1. The minimum atomic E-state index is -0.310. The average molecular weight is 407 g/mol. The van der Waals surface area contributed by atoms with Crippen LogP contribution in [0, 0.1) is 5.82 Å². The third-order valence-electron chi connectivity index (χ3n) is 4.05. The van der Waals surface area contributed by atoms with Gasteiger partial charge in [0.25, 0.3) is 5.91 Å². The maximum absolute atomic E-state index is 13.2. The van der Waals surface area contributed by atoms with Crippen LogP contribution < -0.4 is 5.32 Å². The number of carbonyl (C=O) groups is 1. The Hall–Kier alpha value is -3.09. The molecule has 0 fully saturated rings. The SMILES string of the molecule is O=C(Nc1nc(-c2ccccc2)cs1)/C(=C/c1ccc(F)cc1)c1ccsc1. The van der Waals surface area contributed by atoms with Crippen molar-refractivity contribution < 1.29 is 9.18 Å². The van der Waals surface area contributed by atoms with Crippen LogP contribution in [0.15, 0.2) is 76.8 Å². The summed E-state index contributed by atoms with van der Waals surface area (Å²) >= 11 is 2.89. The van der Waals surface area contributed by atoms with E-state index in [0.717, 1.165) is 22.4 Å². The summed E-state index contributed by atoms with van der Waals surface area (Å²) in [6.45, 7) is 0. The van der Waals surface area contributed by atoms with E-state index in [1.807, 2.05) is 52.5 Å². The number of nitrogens with one attached hydrogen (secondary N) is 1. The van der Waals surface area contributed by atoms with Crippen LogP contribution in [0.1, 0.15) is 11.1 Å². The fraction of sp³-hybridized carbons (Fsp3) is 0. The molecule has 2 aromatic carbocycles. The van der Waals surface area contributed by atoms with Gasteiger partial charge in [0.15, 0.2) is 5.13 Å². The first-order valence-corrected chi connectivity index (χ1v) is 10.3. The predicted molar refractivity (Wildman–Crippen MR) is 115 cm³/mol. The average Bonchev–Trinajstić information content (AvgIpc) is 3.40. The zero-order valence-corrected chi connectivity index (χ0v) is 16.3. The quantitative estimate of drug-likeness (QED) is 0.402. The number of hydrogen-bond acceptors (Lipinski definition) is 4. The summed E-state index contributed by atoms with van der Waals surface area (Å²) in [7, 11) is 0. The van der Waals surface area contributed by atoms with Gasteiger partial charge in [0.2, 0.25) is 0 Å². The number of thiazole rings is 1. The first kappa shape index (κ1) is 18.3. The molecule has 0 atom stereocenters. The Bertz CT molecular complexity index is 1100. The molecule has 0 radical (unpaired) electrons. The Kier molecular flexibility index (Phi) is 5.41. The first-order valence-electron chi connectivity index (χ1n) is 8.51. The standard InChI is InChI=1S/C22H15FN2OS2/c23-18-8-6-15(7-9-18)12-19(17-10-11-27-13-17)21(26)25-22-24-20(14-28-22)16-4-2-1-3-5-16/h1-14H,(H,24,25,26)/b19-12+. The fourth-order valence-electron chi connectivity index (χ4n) is 2.66. The van der Waals surface area contributed by atoms with Gasteiger partial charge in [0, 0.05) is 16.5 Å². The molecule has 0 aliphatic carbocycles. The van der Waals surface area contributed by atoms with E-state index in [1.54, 1.807) is 18.2 Å². The van der Waals surface area contributed by atoms with E-state index in [4.69, 9.17) is 0 Å². The predicted octanol–water partition coefficient (Wildman–Crippen LogP) is 6.19. The van der Waals surface area contributed by atoms with Gasteiger partial charge < -0.3 is 0 Å². The van der Waals surface area contributed by atoms with Gasteiger partial charge in [-0.15, -0.1) is 11.3 Å². The Morgan fingerprint density at radius 2 is 1.79 bits per heavy atom. The number of halogens is 1. The van der Waals surface area contributed by atoms with E-state index in [1.165, 1.54) is 34.8 Å². The maximum Gasteiger partial charge on any atom is 0.258 e. The third-order valence-corrected chi connectivity index (χ3v) is 5.49. The summed E-state index contributed by atoms with van der Waals surface area (Å²) in [4.78, 5) is 17.5. The first-order chi connectivity index (χ1) is 13.7. The van der Waals surface area contributed by atoms with Crippen molar-refractivity contribution in [2.24, 2.45) is 0 Å². The zero-order chi connectivity index (χ0) is 19.3. The summed E-state index contributed by atoms with van der Waals surface area (Å²) in [6, 6.07) is 17.7. The number of amides is 1. The molecule has 0 spiro atoms. The van der Waals surface area contributed by atoms with Crippen molar-refractivity contribution in [1.82, 2.24) is 4.98 Å². The van der Waals surface area contributed by atoms with Crippen molar-refractivity contribution in [1.29, 1.82) is 0 Å².